The number of ether oxygens (including phenoxy) is 1. The number of aryl methyl sites for hydroxylation is 2. The van der Waals surface area contributed by atoms with E-state index in [1.165, 1.54) is 15.9 Å². The molecule has 1 aromatic carbocycles. The van der Waals surface area contributed by atoms with E-state index in [4.69, 9.17) is 9.15 Å². The molecule has 1 amide bonds. The lowest BCUT2D eigenvalue weighted by atomic mass is 10.2. The molecule has 0 fully saturated rings. The molecule has 0 unspecified atom stereocenters. The fourth-order valence-electron chi connectivity index (χ4n) is 2.70. The van der Waals surface area contributed by atoms with Crippen molar-refractivity contribution in [2.45, 2.75) is 33.2 Å². The summed E-state index contributed by atoms with van der Waals surface area (Å²) in [7, 11) is 0. The molecule has 2 aromatic heterocycles. The number of amides is 1. The van der Waals surface area contributed by atoms with Crippen LogP contribution >= 0.6 is 11.3 Å². The molecule has 3 aromatic rings. The molecule has 7 nitrogen and oxygen atoms in total. The topological polar surface area (TPSA) is 90.5 Å². The number of rotatable bonds is 7. The van der Waals surface area contributed by atoms with E-state index in [9.17, 15) is 14.4 Å². The number of nitrogens with one attached hydrogen (secondary N) is 1. The Morgan fingerprint density at radius 3 is 2.78 bits per heavy atom. The maximum absolute atomic E-state index is 12.4. The molecule has 0 aliphatic rings. The van der Waals surface area contributed by atoms with E-state index < -0.39 is 11.7 Å². The normalized spacial score (nSPS) is 10.9. The Kier molecular flexibility index (Phi) is 5.75. The number of anilines is 1. The summed E-state index contributed by atoms with van der Waals surface area (Å²) in [5.41, 5.74) is 1.49. The molecule has 142 valence electrons. The highest BCUT2D eigenvalue weighted by atomic mass is 32.1. The zero-order chi connectivity index (χ0) is 19.4. The van der Waals surface area contributed by atoms with Crippen molar-refractivity contribution in [3.63, 3.8) is 0 Å². The van der Waals surface area contributed by atoms with Crippen molar-refractivity contribution < 1.29 is 18.7 Å². The molecule has 0 bridgehead atoms. The van der Waals surface area contributed by atoms with Crippen LogP contribution in [0.4, 0.5) is 5.00 Å². The van der Waals surface area contributed by atoms with Crippen molar-refractivity contribution >= 4 is 39.3 Å². The van der Waals surface area contributed by atoms with Gasteiger partial charge < -0.3 is 14.5 Å². The minimum Gasteiger partial charge on any atom is -0.462 e. The van der Waals surface area contributed by atoms with Gasteiger partial charge in [-0.25, -0.2) is 9.59 Å². The van der Waals surface area contributed by atoms with E-state index >= 15 is 0 Å². The van der Waals surface area contributed by atoms with Gasteiger partial charge in [0.05, 0.1) is 17.7 Å². The van der Waals surface area contributed by atoms with E-state index in [-0.39, 0.29) is 25.5 Å². The van der Waals surface area contributed by atoms with Gasteiger partial charge in [-0.15, -0.1) is 11.3 Å². The number of esters is 1. The third-order valence-corrected chi connectivity index (χ3v) is 5.21. The van der Waals surface area contributed by atoms with Gasteiger partial charge in [0.2, 0.25) is 5.91 Å². The van der Waals surface area contributed by atoms with Gasteiger partial charge in [-0.2, -0.15) is 0 Å². The highest BCUT2D eigenvalue weighted by molar-refractivity contribution is 7.16. The maximum atomic E-state index is 12.4. The number of carbonyl (C=O) groups is 2. The molecule has 0 radical (unpaired) electrons. The molecule has 1 N–H and O–H groups in total. The van der Waals surface area contributed by atoms with Gasteiger partial charge >= 0.3 is 11.7 Å². The Morgan fingerprint density at radius 1 is 1.26 bits per heavy atom. The number of hydrogen-bond donors (Lipinski definition) is 1. The molecule has 3 rings (SSSR count). The predicted molar refractivity (Wildman–Crippen MR) is 103 cm³/mol. The second-order valence-electron chi connectivity index (χ2n) is 5.82. The molecular formula is C19H20N2O5S. The van der Waals surface area contributed by atoms with E-state index in [1.807, 2.05) is 6.92 Å². The van der Waals surface area contributed by atoms with Gasteiger partial charge in [0.15, 0.2) is 5.58 Å². The van der Waals surface area contributed by atoms with Gasteiger partial charge in [0.1, 0.15) is 5.00 Å². The fourth-order valence-corrected chi connectivity index (χ4v) is 3.70. The van der Waals surface area contributed by atoms with Crippen LogP contribution in [0.3, 0.4) is 0 Å². The van der Waals surface area contributed by atoms with Crippen LogP contribution in [-0.4, -0.2) is 23.1 Å². The van der Waals surface area contributed by atoms with Crippen LogP contribution in [0.1, 0.15) is 35.5 Å². The number of thiophene rings is 1. The van der Waals surface area contributed by atoms with E-state index in [2.05, 4.69) is 5.32 Å². The predicted octanol–water partition coefficient (Wildman–Crippen LogP) is 3.42. The summed E-state index contributed by atoms with van der Waals surface area (Å²) in [6, 6.07) is 8.80. The standard InChI is InChI=1S/C19H20N2O5S/c1-3-12-11-13(18(23)25-4-2)17(27-12)20-16(22)9-10-21-14-7-5-6-8-15(14)26-19(21)24/h5-8,11H,3-4,9-10H2,1-2H3,(H,20,22). The lowest BCUT2D eigenvalue weighted by molar-refractivity contribution is -0.116. The van der Waals surface area contributed by atoms with Crippen LogP contribution in [0.2, 0.25) is 0 Å². The molecule has 0 atom stereocenters. The number of carbonyl (C=O) groups excluding carboxylic acids is 2. The summed E-state index contributed by atoms with van der Waals surface area (Å²) in [6.07, 6.45) is 0.828. The maximum Gasteiger partial charge on any atom is 0.419 e. The average molecular weight is 388 g/mol. The minimum atomic E-state index is -0.499. The molecule has 0 aliphatic carbocycles. The number of aromatic nitrogens is 1. The monoisotopic (exact) mass is 388 g/mol. The zero-order valence-electron chi connectivity index (χ0n) is 15.1. The van der Waals surface area contributed by atoms with E-state index in [0.717, 1.165) is 11.3 Å². The van der Waals surface area contributed by atoms with E-state index in [0.29, 0.717) is 21.7 Å². The molecule has 8 heteroatoms. The quantitative estimate of drug-likeness (QED) is 0.626. The molecule has 0 saturated heterocycles. The Bertz CT molecular complexity index is 1030. The highest BCUT2D eigenvalue weighted by Gasteiger charge is 2.19. The second kappa shape index (κ2) is 8.22. The van der Waals surface area contributed by atoms with Crippen LogP contribution in [-0.2, 0) is 22.5 Å². The number of benzene rings is 1. The van der Waals surface area contributed by atoms with Crippen molar-refractivity contribution in [2.75, 3.05) is 11.9 Å². The zero-order valence-corrected chi connectivity index (χ0v) is 15.9. The van der Waals surface area contributed by atoms with Gasteiger partial charge in [-0.3, -0.25) is 9.36 Å². The molecular weight excluding hydrogens is 368 g/mol. The van der Waals surface area contributed by atoms with Crippen LogP contribution in [0.25, 0.3) is 11.1 Å². The first-order valence-corrected chi connectivity index (χ1v) is 9.53. The van der Waals surface area contributed by atoms with Crippen molar-refractivity contribution in [2.24, 2.45) is 0 Å². The summed E-state index contributed by atoms with van der Waals surface area (Å²) < 4.78 is 11.6. The number of fused-ring (bicyclic) bond motifs is 1. The number of nitrogens with zero attached hydrogens (tertiary/aromatic N) is 1. The van der Waals surface area contributed by atoms with Crippen LogP contribution in [0.5, 0.6) is 0 Å². The average Bonchev–Trinajstić information content (AvgIpc) is 3.20. The molecule has 0 aliphatic heterocycles. The van der Waals surface area contributed by atoms with Crippen molar-refractivity contribution in [1.82, 2.24) is 4.57 Å². The Hall–Kier alpha value is -2.87. The smallest absolute Gasteiger partial charge is 0.419 e. The summed E-state index contributed by atoms with van der Waals surface area (Å²) in [6.45, 7) is 4.15. The summed E-state index contributed by atoms with van der Waals surface area (Å²) in [4.78, 5) is 37.4. The molecule has 0 spiro atoms. The van der Waals surface area contributed by atoms with Gasteiger partial charge in [-0.1, -0.05) is 19.1 Å². The molecule has 27 heavy (non-hydrogen) atoms. The van der Waals surface area contributed by atoms with Gasteiger partial charge in [0.25, 0.3) is 0 Å². The highest BCUT2D eigenvalue weighted by Crippen LogP contribution is 2.29. The first kappa shape index (κ1) is 18.9. The summed E-state index contributed by atoms with van der Waals surface area (Å²) in [5.74, 6) is -1.25. The Balaban J connectivity index is 1.72. The van der Waals surface area contributed by atoms with Crippen molar-refractivity contribution in [3.05, 3.63) is 51.3 Å². The number of oxazole rings is 1. The first-order chi connectivity index (χ1) is 13.0. The Morgan fingerprint density at radius 2 is 2.04 bits per heavy atom. The summed E-state index contributed by atoms with van der Waals surface area (Å²) >= 11 is 1.35. The Labute approximate surface area is 159 Å². The van der Waals surface area contributed by atoms with Crippen LogP contribution in [0, 0.1) is 0 Å². The fraction of sp³-hybridized carbons (Fsp3) is 0.316. The lowest BCUT2D eigenvalue weighted by Gasteiger charge is -2.06. The van der Waals surface area contributed by atoms with E-state index in [1.54, 1.807) is 37.3 Å². The van der Waals surface area contributed by atoms with Crippen molar-refractivity contribution in [1.29, 1.82) is 0 Å². The lowest BCUT2D eigenvalue weighted by Crippen LogP contribution is -2.20. The molecule has 2 heterocycles. The van der Waals surface area contributed by atoms with Gasteiger partial charge in [0, 0.05) is 17.8 Å². The SMILES string of the molecule is CCOC(=O)c1cc(CC)sc1NC(=O)CCn1c(=O)oc2ccccc21. The third-order valence-electron chi connectivity index (χ3n) is 4.02. The van der Waals surface area contributed by atoms with Crippen molar-refractivity contribution in [3.8, 4) is 0 Å². The first-order valence-electron chi connectivity index (χ1n) is 8.71. The largest absolute Gasteiger partial charge is 0.462 e. The third kappa shape index (κ3) is 4.11. The second-order valence-corrected chi connectivity index (χ2v) is 6.95. The summed E-state index contributed by atoms with van der Waals surface area (Å²) in [5, 5.41) is 3.24. The minimum absolute atomic E-state index is 0.0745. The van der Waals surface area contributed by atoms with Gasteiger partial charge in [-0.05, 0) is 31.5 Å². The number of hydrogen-bond acceptors (Lipinski definition) is 6. The molecule has 0 saturated carbocycles. The number of para-hydroxylation sites is 2. The van der Waals surface area contributed by atoms with Crippen LogP contribution < -0.4 is 11.1 Å². The van der Waals surface area contributed by atoms with Crippen LogP contribution in [0.15, 0.2) is 39.5 Å².